The molecule has 8 heteroatoms. The van der Waals surface area contributed by atoms with Crippen LogP contribution in [0.25, 0.3) is 0 Å². The van der Waals surface area contributed by atoms with Crippen LogP contribution < -0.4 is 15.8 Å². The number of hydrogen-bond acceptors (Lipinski definition) is 7. The van der Waals surface area contributed by atoms with Crippen LogP contribution >= 0.6 is 0 Å². The molecule has 3 N–H and O–H groups in total. The second-order valence-electron chi connectivity index (χ2n) is 4.13. The number of rotatable bonds is 4. The molecule has 2 aromatic heterocycles. The Balaban J connectivity index is 2.16. The van der Waals surface area contributed by atoms with Crippen LogP contribution in [0.3, 0.4) is 0 Å². The summed E-state index contributed by atoms with van der Waals surface area (Å²) in [6.45, 7) is 4.55. The largest absolute Gasteiger partial charge is 0.467 e. The molecule has 19 heavy (non-hydrogen) atoms. The second kappa shape index (κ2) is 5.09. The van der Waals surface area contributed by atoms with E-state index in [4.69, 9.17) is 10.5 Å². The molecule has 0 atom stereocenters. The minimum Gasteiger partial charge on any atom is -0.467 e. The van der Waals surface area contributed by atoms with E-state index < -0.39 is 0 Å². The number of nitrogen functional groups attached to an aromatic ring is 1. The number of aryl methyl sites for hydroxylation is 2. The lowest BCUT2D eigenvalue weighted by atomic mass is 10.2. The van der Waals surface area contributed by atoms with Crippen LogP contribution in [0.4, 0.5) is 11.9 Å². The quantitative estimate of drug-likeness (QED) is 0.824. The Labute approximate surface area is 111 Å². The van der Waals surface area contributed by atoms with Crippen molar-refractivity contribution in [3.63, 3.8) is 0 Å². The van der Waals surface area contributed by atoms with Gasteiger partial charge < -0.3 is 15.8 Å². The van der Waals surface area contributed by atoms with Gasteiger partial charge in [0, 0.05) is 24.8 Å². The Morgan fingerprint density at radius 2 is 2.00 bits per heavy atom. The van der Waals surface area contributed by atoms with Crippen LogP contribution in [-0.2, 0) is 13.6 Å². The molecule has 2 aromatic rings. The Morgan fingerprint density at radius 1 is 1.26 bits per heavy atom. The van der Waals surface area contributed by atoms with Gasteiger partial charge >= 0.3 is 6.01 Å². The molecule has 8 nitrogen and oxygen atoms in total. The van der Waals surface area contributed by atoms with E-state index in [0.717, 1.165) is 17.0 Å². The average Bonchev–Trinajstić information content (AvgIpc) is 2.60. The molecule has 0 aliphatic heterocycles. The summed E-state index contributed by atoms with van der Waals surface area (Å²) in [6, 6.07) is 0.189. The first-order valence-electron chi connectivity index (χ1n) is 5.79. The van der Waals surface area contributed by atoms with Crippen LogP contribution in [0.15, 0.2) is 0 Å². The molecule has 2 heterocycles. The SMILES string of the molecule is COc1nc(N)nc(NCc2c(C)nn(C)c2C)n1. The normalized spacial score (nSPS) is 10.5. The van der Waals surface area contributed by atoms with E-state index in [1.54, 1.807) is 0 Å². The Hall–Kier alpha value is -2.38. The fraction of sp³-hybridized carbons (Fsp3) is 0.455. The van der Waals surface area contributed by atoms with Crippen LogP contribution in [0.2, 0.25) is 0 Å². The minimum absolute atomic E-state index is 0.119. The van der Waals surface area contributed by atoms with Gasteiger partial charge in [-0.1, -0.05) is 0 Å². The first kappa shape index (κ1) is 13.1. The first-order valence-corrected chi connectivity index (χ1v) is 5.79. The van der Waals surface area contributed by atoms with Gasteiger partial charge in [-0.15, -0.1) is 0 Å². The number of nitrogens with two attached hydrogens (primary N) is 1. The molecule has 102 valence electrons. The number of ether oxygens (including phenoxy) is 1. The zero-order valence-electron chi connectivity index (χ0n) is 11.4. The summed E-state index contributed by atoms with van der Waals surface area (Å²) < 4.78 is 6.78. The number of nitrogens with one attached hydrogen (secondary N) is 1. The van der Waals surface area contributed by atoms with Crippen LogP contribution in [0, 0.1) is 13.8 Å². The summed E-state index contributed by atoms with van der Waals surface area (Å²) >= 11 is 0. The topological polar surface area (TPSA) is 104 Å². The standard InChI is InChI=1S/C11H17N7O/c1-6-8(7(2)18(3)17-6)5-13-10-14-9(12)15-11(16-10)19-4/h5H2,1-4H3,(H3,12,13,14,15,16). The van der Waals surface area contributed by atoms with Crippen LogP contribution in [-0.4, -0.2) is 31.8 Å². The molecular formula is C11H17N7O. The van der Waals surface area contributed by atoms with Crippen molar-refractivity contribution in [1.82, 2.24) is 24.7 Å². The van der Waals surface area contributed by atoms with Crippen molar-refractivity contribution in [2.45, 2.75) is 20.4 Å². The molecule has 0 spiro atoms. The predicted molar refractivity (Wildman–Crippen MR) is 70.8 cm³/mol. The lowest BCUT2D eigenvalue weighted by Gasteiger charge is -2.07. The van der Waals surface area contributed by atoms with E-state index in [1.165, 1.54) is 7.11 Å². The van der Waals surface area contributed by atoms with Crippen molar-refractivity contribution in [3.8, 4) is 6.01 Å². The Morgan fingerprint density at radius 3 is 2.58 bits per heavy atom. The van der Waals surface area contributed by atoms with Gasteiger partial charge in [-0.3, -0.25) is 4.68 Å². The number of methoxy groups -OCH3 is 1. The summed E-state index contributed by atoms with van der Waals surface area (Å²) in [4.78, 5) is 11.9. The summed E-state index contributed by atoms with van der Waals surface area (Å²) in [5, 5.41) is 7.44. The van der Waals surface area contributed by atoms with E-state index in [0.29, 0.717) is 12.5 Å². The molecule has 0 radical (unpaired) electrons. The van der Waals surface area contributed by atoms with Crippen LogP contribution in [0.1, 0.15) is 17.0 Å². The average molecular weight is 263 g/mol. The van der Waals surface area contributed by atoms with Crippen molar-refractivity contribution in [3.05, 3.63) is 17.0 Å². The highest BCUT2D eigenvalue weighted by atomic mass is 16.5. The smallest absolute Gasteiger partial charge is 0.322 e. The summed E-state index contributed by atoms with van der Waals surface area (Å²) in [5.41, 5.74) is 8.75. The number of nitrogens with zero attached hydrogens (tertiary/aromatic N) is 5. The minimum atomic E-state index is 0.119. The molecule has 0 aliphatic rings. The molecule has 0 fully saturated rings. The summed E-state index contributed by atoms with van der Waals surface area (Å²) in [5.74, 6) is 0.501. The molecule has 0 saturated carbocycles. The lowest BCUT2D eigenvalue weighted by Crippen LogP contribution is -2.09. The zero-order valence-corrected chi connectivity index (χ0v) is 11.4. The van der Waals surface area contributed by atoms with Crippen LogP contribution in [0.5, 0.6) is 6.01 Å². The number of anilines is 2. The fourth-order valence-corrected chi connectivity index (χ4v) is 1.78. The molecule has 0 aromatic carbocycles. The molecule has 0 amide bonds. The molecule has 2 rings (SSSR count). The summed E-state index contributed by atoms with van der Waals surface area (Å²) in [6.07, 6.45) is 0. The fourth-order valence-electron chi connectivity index (χ4n) is 1.78. The van der Waals surface area contributed by atoms with E-state index in [-0.39, 0.29) is 12.0 Å². The highest BCUT2D eigenvalue weighted by molar-refractivity contribution is 5.35. The number of hydrogen-bond donors (Lipinski definition) is 2. The van der Waals surface area contributed by atoms with Gasteiger partial charge in [-0.05, 0) is 13.8 Å². The highest BCUT2D eigenvalue weighted by Gasteiger charge is 2.10. The van der Waals surface area contributed by atoms with Crippen molar-refractivity contribution >= 4 is 11.9 Å². The molecule has 0 aliphatic carbocycles. The summed E-state index contributed by atoms with van der Waals surface area (Å²) in [7, 11) is 3.39. The van der Waals surface area contributed by atoms with Gasteiger partial charge in [-0.25, -0.2) is 0 Å². The van der Waals surface area contributed by atoms with E-state index in [1.807, 2.05) is 25.6 Å². The third kappa shape index (κ3) is 2.72. The second-order valence-corrected chi connectivity index (χ2v) is 4.13. The van der Waals surface area contributed by atoms with E-state index in [2.05, 4.69) is 25.4 Å². The maximum absolute atomic E-state index is 5.57. The lowest BCUT2D eigenvalue weighted by molar-refractivity contribution is 0.379. The van der Waals surface area contributed by atoms with Gasteiger partial charge in [0.15, 0.2) is 0 Å². The van der Waals surface area contributed by atoms with Crippen molar-refractivity contribution in [2.75, 3.05) is 18.2 Å². The van der Waals surface area contributed by atoms with E-state index >= 15 is 0 Å². The molecule has 0 unspecified atom stereocenters. The maximum atomic E-state index is 5.57. The Bertz CT molecular complexity index is 593. The maximum Gasteiger partial charge on any atom is 0.322 e. The van der Waals surface area contributed by atoms with Crippen molar-refractivity contribution in [2.24, 2.45) is 7.05 Å². The van der Waals surface area contributed by atoms with Crippen molar-refractivity contribution < 1.29 is 4.74 Å². The van der Waals surface area contributed by atoms with Gasteiger partial charge in [0.25, 0.3) is 0 Å². The molecule has 0 saturated heterocycles. The van der Waals surface area contributed by atoms with Gasteiger partial charge in [0.05, 0.1) is 12.8 Å². The van der Waals surface area contributed by atoms with Gasteiger partial charge in [-0.2, -0.15) is 20.1 Å². The van der Waals surface area contributed by atoms with Crippen molar-refractivity contribution in [1.29, 1.82) is 0 Å². The van der Waals surface area contributed by atoms with Gasteiger partial charge in [0.2, 0.25) is 11.9 Å². The van der Waals surface area contributed by atoms with E-state index in [9.17, 15) is 0 Å². The Kier molecular flexibility index (Phi) is 3.50. The number of aromatic nitrogens is 5. The monoisotopic (exact) mass is 263 g/mol. The van der Waals surface area contributed by atoms with Gasteiger partial charge in [0.1, 0.15) is 0 Å². The third-order valence-corrected chi connectivity index (χ3v) is 2.90. The third-order valence-electron chi connectivity index (χ3n) is 2.90. The highest BCUT2D eigenvalue weighted by Crippen LogP contribution is 2.14. The molecular weight excluding hydrogens is 246 g/mol. The molecule has 0 bridgehead atoms. The predicted octanol–water partition coefficient (Wildman–Crippen LogP) is 0.425. The first-order chi connectivity index (χ1) is 9.01. The zero-order chi connectivity index (χ0) is 14.0.